The van der Waals surface area contributed by atoms with Crippen LogP contribution in [0, 0.1) is 0 Å². The zero-order valence-electron chi connectivity index (χ0n) is 15.2. The molecule has 0 heterocycles. The van der Waals surface area contributed by atoms with Crippen LogP contribution in [0.15, 0.2) is 36.4 Å². The zero-order valence-corrected chi connectivity index (χ0v) is 21.5. The van der Waals surface area contributed by atoms with Crippen LogP contribution in [0.3, 0.4) is 0 Å². The number of fused-ring (bicyclic) bond motifs is 1. The van der Waals surface area contributed by atoms with Gasteiger partial charge in [-0.25, -0.2) is 0 Å². The quantitative estimate of drug-likeness (QED) is 0.167. The molecule has 0 aliphatic heterocycles. The average molecular weight is 612 g/mol. The number of hydrogen-bond donors (Lipinski definition) is 0. The molecule has 2 atom stereocenters. The van der Waals surface area contributed by atoms with Crippen molar-refractivity contribution in [2.24, 2.45) is 0 Å². The van der Waals surface area contributed by atoms with Gasteiger partial charge in [0.25, 0.3) is 0 Å². The highest BCUT2D eigenvalue weighted by Gasteiger charge is 2.15. The molecule has 26 heavy (non-hydrogen) atoms. The van der Waals surface area contributed by atoms with E-state index in [1.807, 2.05) is 0 Å². The van der Waals surface area contributed by atoms with E-state index in [-0.39, 0.29) is 0 Å². The van der Waals surface area contributed by atoms with Crippen molar-refractivity contribution in [3.8, 4) is 0 Å². The minimum Gasteiger partial charge on any atom is -0.0928 e. The Kier molecular flexibility index (Phi) is 11.4. The summed E-state index contributed by atoms with van der Waals surface area (Å²) in [6.07, 6.45) is 9.75. The first-order valence-corrected chi connectivity index (χ1v) is 13.6. The lowest BCUT2D eigenvalue weighted by Gasteiger charge is -2.18. The number of hydrogen-bond acceptors (Lipinski definition) is 0. The van der Waals surface area contributed by atoms with Gasteiger partial charge in [0, 0.05) is 20.3 Å². The summed E-state index contributed by atoms with van der Waals surface area (Å²) in [4.78, 5) is 1.11. The maximum atomic E-state index is 3.95. The van der Waals surface area contributed by atoms with Crippen LogP contribution < -0.4 is 0 Å². The van der Waals surface area contributed by atoms with Gasteiger partial charge in [0.05, 0.1) is 0 Å². The van der Waals surface area contributed by atoms with Crippen molar-refractivity contribution in [2.75, 3.05) is 10.7 Å². The van der Waals surface area contributed by atoms with Gasteiger partial charge in [-0.3, -0.25) is 0 Å². The molecule has 0 radical (unpaired) electrons. The molecule has 0 saturated heterocycles. The second kappa shape index (κ2) is 13.0. The van der Waals surface area contributed by atoms with Crippen molar-refractivity contribution < 1.29 is 0 Å². The Morgan fingerprint density at radius 3 is 1.96 bits per heavy atom. The molecule has 2 aromatic rings. The molecular formula is C22H28Br4. The molecule has 0 aliphatic carbocycles. The number of rotatable bonds is 12. The molecule has 0 saturated carbocycles. The molecule has 2 unspecified atom stereocenters. The van der Waals surface area contributed by atoms with E-state index in [0.717, 1.165) is 23.5 Å². The summed E-state index contributed by atoms with van der Waals surface area (Å²) < 4.78 is 0. The van der Waals surface area contributed by atoms with Crippen molar-refractivity contribution in [1.82, 2.24) is 0 Å². The first-order chi connectivity index (χ1) is 12.7. The van der Waals surface area contributed by atoms with Gasteiger partial charge in [-0.2, -0.15) is 0 Å². The van der Waals surface area contributed by atoms with E-state index < -0.39 is 0 Å². The summed E-state index contributed by atoms with van der Waals surface area (Å²) in [5.74, 6) is 0. The summed E-state index contributed by atoms with van der Waals surface area (Å²) in [6.45, 7) is 0. The van der Waals surface area contributed by atoms with E-state index >= 15 is 0 Å². The maximum absolute atomic E-state index is 3.95. The fraction of sp³-hybridized carbons (Fsp3) is 0.545. The lowest BCUT2D eigenvalue weighted by Crippen LogP contribution is -2.10. The fourth-order valence-corrected chi connectivity index (χ4v) is 5.51. The molecule has 0 fully saturated rings. The normalized spacial score (nSPS) is 13.8. The zero-order chi connectivity index (χ0) is 18.8. The van der Waals surface area contributed by atoms with Crippen molar-refractivity contribution in [3.05, 3.63) is 47.5 Å². The van der Waals surface area contributed by atoms with Crippen LogP contribution in [-0.4, -0.2) is 20.3 Å². The Morgan fingerprint density at radius 2 is 1.31 bits per heavy atom. The van der Waals surface area contributed by atoms with E-state index in [4.69, 9.17) is 0 Å². The highest BCUT2D eigenvalue weighted by molar-refractivity contribution is 9.10. The number of halogens is 4. The van der Waals surface area contributed by atoms with Gasteiger partial charge in [0.1, 0.15) is 0 Å². The summed E-state index contributed by atoms with van der Waals surface area (Å²) >= 11 is 15.0. The maximum Gasteiger partial charge on any atom is 0.0186 e. The van der Waals surface area contributed by atoms with Crippen LogP contribution in [0.2, 0.25) is 0 Å². The minimum absolute atomic E-state index is 0.549. The van der Waals surface area contributed by atoms with Crippen molar-refractivity contribution in [3.63, 3.8) is 0 Å². The molecule has 0 N–H and O–H groups in total. The third-order valence-electron chi connectivity index (χ3n) is 4.81. The van der Waals surface area contributed by atoms with E-state index in [1.165, 1.54) is 60.4 Å². The van der Waals surface area contributed by atoms with Gasteiger partial charge in [-0.1, -0.05) is 113 Å². The third kappa shape index (κ3) is 7.56. The SMILES string of the molecule is BrCCCCC(Br)Cc1ccc2ccccc2c1CC(Br)CCCCBr. The Morgan fingerprint density at radius 1 is 0.692 bits per heavy atom. The Bertz CT molecular complexity index is 656. The van der Waals surface area contributed by atoms with Gasteiger partial charge in [-0.15, -0.1) is 0 Å². The number of alkyl halides is 4. The van der Waals surface area contributed by atoms with Crippen molar-refractivity contribution in [1.29, 1.82) is 0 Å². The summed E-state index contributed by atoms with van der Waals surface area (Å²) in [5, 5.41) is 4.99. The van der Waals surface area contributed by atoms with E-state index in [0.29, 0.717) is 9.65 Å². The molecule has 4 heteroatoms. The van der Waals surface area contributed by atoms with Crippen molar-refractivity contribution >= 4 is 74.5 Å². The van der Waals surface area contributed by atoms with E-state index in [1.54, 1.807) is 0 Å². The van der Waals surface area contributed by atoms with Crippen molar-refractivity contribution in [2.45, 2.75) is 61.0 Å². The average Bonchev–Trinajstić information content (AvgIpc) is 2.64. The molecule has 0 aromatic heterocycles. The van der Waals surface area contributed by atoms with Gasteiger partial charge < -0.3 is 0 Å². The second-order valence-electron chi connectivity index (χ2n) is 6.90. The van der Waals surface area contributed by atoms with Crippen LogP contribution in [0.4, 0.5) is 0 Å². The van der Waals surface area contributed by atoms with Gasteiger partial charge >= 0.3 is 0 Å². The van der Waals surface area contributed by atoms with Gasteiger partial charge in [0.15, 0.2) is 0 Å². The molecule has 0 spiro atoms. The van der Waals surface area contributed by atoms with Crippen LogP contribution in [0.1, 0.15) is 49.7 Å². The van der Waals surface area contributed by atoms with E-state index in [9.17, 15) is 0 Å². The summed E-state index contributed by atoms with van der Waals surface area (Å²) in [7, 11) is 0. The smallest absolute Gasteiger partial charge is 0.0186 e. The third-order valence-corrected chi connectivity index (χ3v) is 7.49. The highest BCUT2D eigenvalue weighted by atomic mass is 79.9. The topological polar surface area (TPSA) is 0 Å². The first-order valence-electron chi connectivity index (χ1n) is 9.55. The summed E-state index contributed by atoms with van der Waals surface area (Å²) in [5.41, 5.74) is 3.04. The Hall–Kier alpha value is 0.620. The van der Waals surface area contributed by atoms with Crippen LogP contribution in [0.25, 0.3) is 10.8 Å². The monoisotopic (exact) mass is 608 g/mol. The minimum atomic E-state index is 0.549. The molecular weight excluding hydrogens is 584 g/mol. The van der Waals surface area contributed by atoms with Gasteiger partial charge in [0.2, 0.25) is 0 Å². The molecule has 0 bridgehead atoms. The van der Waals surface area contributed by atoms with Crippen LogP contribution in [0.5, 0.6) is 0 Å². The molecule has 2 aromatic carbocycles. The summed E-state index contributed by atoms with van der Waals surface area (Å²) in [6, 6.07) is 13.5. The second-order valence-corrected chi connectivity index (χ2v) is 11.1. The van der Waals surface area contributed by atoms with Gasteiger partial charge in [-0.05, 0) is 60.4 Å². The standard InChI is InChI=1S/C22H28Br4/c23-13-5-3-8-19(25)15-18-12-11-17-7-1-2-10-21(17)22(18)16-20(26)9-4-6-14-24/h1-2,7,10-12,19-20H,3-6,8-9,13-16H2. The Labute approximate surface area is 192 Å². The van der Waals surface area contributed by atoms with Crippen LogP contribution in [-0.2, 0) is 12.8 Å². The number of unbranched alkanes of at least 4 members (excludes halogenated alkanes) is 2. The molecule has 0 aliphatic rings. The predicted octanol–water partition coefficient (Wildman–Crippen LogP) is 8.58. The fourth-order valence-electron chi connectivity index (χ4n) is 3.40. The molecule has 144 valence electrons. The molecule has 2 rings (SSSR count). The first kappa shape index (κ1) is 22.9. The van der Waals surface area contributed by atoms with Crippen LogP contribution >= 0.6 is 63.7 Å². The lowest BCUT2D eigenvalue weighted by atomic mass is 9.91. The largest absolute Gasteiger partial charge is 0.0928 e. The molecule has 0 amide bonds. The highest BCUT2D eigenvalue weighted by Crippen LogP contribution is 2.29. The lowest BCUT2D eigenvalue weighted by molar-refractivity contribution is 0.678. The predicted molar refractivity (Wildman–Crippen MR) is 132 cm³/mol. The Balaban J connectivity index is 2.17. The number of benzene rings is 2. The molecule has 0 nitrogen and oxygen atoms in total. The van der Waals surface area contributed by atoms with E-state index in [2.05, 4.69) is 100 Å².